The van der Waals surface area contributed by atoms with Gasteiger partial charge in [-0.2, -0.15) is 4.31 Å². The van der Waals surface area contributed by atoms with E-state index < -0.39 is 10.0 Å². The Morgan fingerprint density at radius 1 is 0.967 bits per heavy atom. The van der Waals surface area contributed by atoms with Crippen LogP contribution in [-0.4, -0.2) is 44.9 Å². The number of sulfonamides is 1. The molecule has 2 aromatic rings. The lowest BCUT2D eigenvalue weighted by atomic mass is 9.84. The third-order valence-corrected chi connectivity index (χ3v) is 7.84. The zero-order valence-electron chi connectivity index (χ0n) is 17.0. The zero-order valence-corrected chi connectivity index (χ0v) is 17.9. The molecule has 160 valence electrons. The number of hydrogen-bond acceptors (Lipinski definition) is 4. The summed E-state index contributed by atoms with van der Waals surface area (Å²) < 4.78 is 32.3. The van der Waals surface area contributed by atoms with Crippen molar-refractivity contribution in [2.24, 2.45) is 0 Å². The van der Waals surface area contributed by atoms with Gasteiger partial charge in [0.1, 0.15) is 0 Å². The second kappa shape index (κ2) is 9.29. The molecule has 1 N–H and O–H groups in total. The quantitative estimate of drug-likeness (QED) is 0.781. The summed E-state index contributed by atoms with van der Waals surface area (Å²) >= 11 is 0. The largest absolute Gasteiger partial charge is 0.379 e. The monoisotopic (exact) mass is 428 g/mol. The minimum atomic E-state index is -3.60. The summed E-state index contributed by atoms with van der Waals surface area (Å²) in [5, 5.41) is 2.83. The van der Waals surface area contributed by atoms with Crippen LogP contribution in [0.25, 0.3) is 0 Å². The molecular weight excluding hydrogens is 400 g/mol. The first-order valence-corrected chi connectivity index (χ1v) is 12.1. The van der Waals surface area contributed by atoms with Crippen molar-refractivity contribution in [2.45, 2.75) is 42.9 Å². The van der Waals surface area contributed by atoms with Crippen molar-refractivity contribution in [2.75, 3.05) is 31.6 Å². The molecular formula is C23H28N2O4S. The lowest BCUT2D eigenvalue weighted by Gasteiger charge is -2.26. The molecule has 30 heavy (non-hydrogen) atoms. The predicted molar refractivity (Wildman–Crippen MR) is 116 cm³/mol. The summed E-state index contributed by atoms with van der Waals surface area (Å²) in [5.41, 5.74) is 2.33. The number of anilines is 1. The number of nitrogens with zero attached hydrogens (tertiary/aromatic N) is 1. The highest BCUT2D eigenvalue weighted by molar-refractivity contribution is 7.89. The number of carbonyl (C=O) groups excluding carboxylic acids is 1. The fourth-order valence-electron chi connectivity index (χ4n) is 4.22. The molecule has 1 aliphatic heterocycles. The molecule has 0 aromatic heterocycles. The molecule has 1 aliphatic carbocycles. The van der Waals surface area contributed by atoms with E-state index in [1.807, 2.05) is 24.3 Å². The highest BCUT2D eigenvalue weighted by Gasteiger charge is 2.26. The number of hydrogen-bond donors (Lipinski definition) is 1. The summed E-state index contributed by atoms with van der Waals surface area (Å²) in [5.74, 6) is 0.351. The van der Waals surface area contributed by atoms with Gasteiger partial charge in [0.2, 0.25) is 10.0 Å². The Labute approximate surface area is 178 Å². The molecule has 6 nitrogen and oxygen atoms in total. The van der Waals surface area contributed by atoms with Crippen molar-refractivity contribution in [3.63, 3.8) is 0 Å². The maximum absolute atomic E-state index is 12.8. The molecule has 1 saturated heterocycles. The van der Waals surface area contributed by atoms with Crippen LogP contribution in [0.3, 0.4) is 0 Å². The Balaban J connectivity index is 1.45. The smallest absolute Gasteiger partial charge is 0.255 e. The fraction of sp³-hybridized carbons (Fsp3) is 0.435. The first-order valence-electron chi connectivity index (χ1n) is 10.6. The molecule has 7 heteroatoms. The Morgan fingerprint density at radius 2 is 1.67 bits per heavy atom. The van der Waals surface area contributed by atoms with E-state index in [4.69, 9.17) is 4.74 Å². The molecule has 2 fully saturated rings. The van der Waals surface area contributed by atoms with Crippen molar-refractivity contribution >= 4 is 21.6 Å². The van der Waals surface area contributed by atoms with Gasteiger partial charge in [-0.05, 0) is 54.7 Å². The molecule has 4 rings (SSSR count). The van der Waals surface area contributed by atoms with Crippen molar-refractivity contribution in [1.29, 1.82) is 0 Å². The van der Waals surface area contributed by atoms with Gasteiger partial charge in [0, 0.05) is 24.3 Å². The van der Waals surface area contributed by atoms with E-state index in [2.05, 4.69) is 5.32 Å². The van der Waals surface area contributed by atoms with E-state index >= 15 is 0 Å². The van der Waals surface area contributed by atoms with Gasteiger partial charge < -0.3 is 10.1 Å². The van der Waals surface area contributed by atoms with Crippen molar-refractivity contribution in [3.05, 3.63) is 59.7 Å². The van der Waals surface area contributed by atoms with E-state index in [1.165, 1.54) is 48.0 Å². The van der Waals surface area contributed by atoms with E-state index in [0.717, 1.165) is 0 Å². The van der Waals surface area contributed by atoms with Crippen molar-refractivity contribution < 1.29 is 17.9 Å². The SMILES string of the molecule is O=C(Nc1cccc(S(=O)(=O)N2CCOCC2)c1)c1ccc(C2CCCCC2)cc1. The lowest BCUT2D eigenvalue weighted by Crippen LogP contribution is -2.40. The van der Waals surface area contributed by atoms with Crippen molar-refractivity contribution in [3.8, 4) is 0 Å². The first-order chi connectivity index (χ1) is 14.5. The number of benzene rings is 2. The number of nitrogens with one attached hydrogen (secondary N) is 1. The summed E-state index contributed by atoms with van der Waals surface area (Å²) in [6.07, 6.45) is 6.30. The van der Waals surface area contributed by atoms with Gasteiger partial charge in [-0.15, -0.1) is 0 Å². The number of amides is 1. The molecule has 1 saturated carbocycles. The van der Waals surface area contributed by atoms with Crippen LogP contribution in [0.4, 0.5) is 5.69 Å². The topological polar surface area (TPSA) is 75.7 Å². The van der Waals surface area contributed by atoms with Gasteiger partial charge >= 0.3 is 0 Å². The maximum atomic E-state index is 12.8. The molecule has 0 radical (unpaired) electrons. The predicted octanol–water partition coefficient (Wildman–Crippen LogP) is 4.01. The lowest BCUT2D eigenvalue weighted by molar-refractivity contribution is 0.0730. The van der Waals surface area contributed by atoms with Crippen LogP contribution < -0.4 is 5.32 Å². The summed E-state index contributed by atoms with van der Waals surface area (Å²) in [7, 11) is -3.60. The standard InChI is InChI=1S/C23H28N2O4S/c26-23(20-11-9-19(10-12-20)18-5-2-1-3-6-18)24-21-7-4-8-22(17-21)30(27,28)25-13-15-29-16-14-25/h4,7-12,17-18H,1-3,5-6,13-16H2,(H,24,26). The summed E-state index contributed by atoms with van der Waals surface area (Å²) in [4.78, 5) is 12.9. The molecule has 0 spiro atoms. The summed E-state index contributed by atoms with van der Waals surface area (Å²) in [6.45, 7) is 1.47. The second-order valence-corrected chi connectivity index (χ2v) is 9.89. The van der Waals surface area contributed by atoms with Gasteiger partial charge in [-0.1, -0.05) is 37.5 Å². The van der Waals surface area contributed by atoms with Gasteiger partial charge in [0.25, 0.3) is 5.91 Å². The second-order valence-electron chi connectivity index (χ2n) is 7.96. The molecule has 0 bridgehead atoms. The number of ether oxygens (including phenoxy) is 1. The van der Waals surface area contributed by atoms with E-state index in [9.17, 15) is 13.2 Å². The molecule has 1 amide bonds. The molecule has 2 aliphatic rings. The van der Waals surface area contributed by atoms with E-state index in [-0.39, 0.29) is 10.8 Å². The van der Waals surface area contributed by atoms with Gasteiger partial charge in [-0.3, -0.25) is 4.79 Å². The molecule has 0 unspecified atom stereocenters. The fourth-order valence-corrected chi connectivity index (χ4v) is 5.67. The van der Waals surface area contributed by atoms with Crippen molar-refractivity contribution in [1.82, 2.24) is 4.31 Å². The van der Waals surface area contributed by atoms with Crippen LogP contribution in [-0.2, 0) is 14.8 Å². The Kier molecular flexibility index (Phi) is 6.51. The summed E-state index contributed by atoms with van der Waals surface area (Å²) in [6, 6.07) is 14.2. The van der Waals surface area contributed by atoms with Crippen LogP contribution in [0.15, 0.2) is 53.4 Å². The average Bonchev–Trinajstić information content (AvgIpc) is 2.80. The van der Waals surface area contributed by atoms with E-state index in [0.29, 0.717) is 43.5 Å². The minimum Gasteiger partial charge on any atom is -0.379 e. The number of rotatable bonds is 5. The third kappa shape index (κ3) is 4.74. The van der Waals surface area contributed by atoms with Gasteiger partial charge in [0.15, 0.2) is 0 Å². The molecule has 1 heterocycles. The van der Waals surface area contributed by atoms with Crippen LogP contribution in [0, 0.1) is 0 Å². The highest BCUT2D eigenvalue weighted by Crippen LogP contribution is 2.32. The Morgan fingerprint density at radius 3 is 2.37 bits per heavy atom. The van der Waals surface area contributed by atoms with Gasteiger partial charge in [-0.25, -0.2) is 8.42 Å². The van der Waals surface area contributed by atoms with Crippen LogP contribution in [0.5, 0.6) is 0 Å². The average molecular weight is 429 g/mol. The van der Waals surface area contributed by atoms with E-state index in [1.54, 1.807) is 18.2 Å². The zero-order chi connectivity index (χ0) is 21.0. The van der Waals surface area contributed by atoms with Crippen LogP contribution in [0.2, 0.25) is 0 Å². The Bertz CT molecular complexity index is 977. The molecule has 0 atom stereocenters. The maximum Gasteiger partial charge on any atom is 0.255 e. The highest BCUT2D eigenvalue weighted by atomic mass is 32.2. The van der Waals surface area contributed by atoms with Crippen LogP contribution in [0.1, 0.15) is 53.9 Å². The normalized spacial score (nSPS) is 18.8. The number of morpholine rings is 1. The first kappa shape index (κ1) is 21.0. The van der Waals surface area contributed by atoms with Gasteiger partial charge in [0.05, 0.1) is 18.1 Å². The van der Waals surface area contributed by atoms with Crippen LogP contribution >= 0.6 is 0 Å². The number of carbonyl (C=O) groups is 1. The Hall–Kier alpha value is -2.22. The minimum absolute atomic E-state index is 0.176. The molecule has 2 aromatic carbocycles. The third-order valence-electron chi connectivity index (χ3n) is 5.95.